The van der Waals surface area contributed by atoms with Crippen LogP contribution in [0.4, 0.5) is 5.69 Å². The van der Waals surface area contributed by atoms with Gasteiger partial charge in [-0.1, -0.05) is 31.1 Å². The number of benzene rings is 2. The molecule has 7 heteroatoms. The van der Waals surface area contributed by atoms with Crippen LogP contribution in [0.5, 0.6) is 11.5 Å². The highest BCUT2D eigenvalue weighted by Crippen LogP contribution is 2.30. The van der Waals surface area contributed by atoms with Gasteiger partial charge < -0.3 is 19.3 Å². The van der Waals surface area contributed by atoms with E-state index in [1.807, 2.05) is 63.2 Å². The first-order valence-corrected chi connectivity index (χ1v) is 9.98. The van der Waals surface area contributed by atoms with Gasteiger partial charge in [0.2, 0.25) is 5.91 Å². The van der Waals surface area contributed by atoms with Crippen LogP contribution in [0, 0.1) is 6.92 Å². The summed E-state index contributed by atoms with van der Waals surface area (Å²) in [6, 6.07) is 13.1. The molecular weight excluding hydrogens is 382 g/mol. The second-order valence-corrected chi connectivity index (χ2v) is 7.29. The summed E-state index contributed by atoms with van der Waals surface area (Å²) >= 11 is 0. The van der Waals surface area contributed by atoms with Gasteiger partial charge in [-0.15, -0.1) is 0 Å². The first-order valence-electron chi connectivity index (χ1n) is 9.98. The number of hydrogen-bond acceptors (Lipinski definition) is 6. The van der Waals surface area contributed by atoms with E-state index in [0.29, 0.717) is 36.9 Å². The minimum atomic E-state index is -0.0903. The molecule has 0 saturated heterocycles. The van der Waals surface area contributed by atoms with Crippen molar-refractivity contribution in [2.45, 2.75) is 39.5 Å². The molecule has 0 radical (unpaired) electrons. The SMILES string of the molecule is COc1ccc(OCCCC(=O)Nc2c(C)cccc2-c2nc(C(C)C)no2)cc1. The molecule has 7 nitrogen and oxygen atoms in total. The van der Waals surface area contributed by atoms with Crippen LogP contribution in [0.3, 0.4) is 0 Å². The summed E-state index contributed by atoms with van der Waals surface area (Å²) < 4.78 is 16.2. The van der Waals surface area contributed by atoms with Gasteiger partial charge in [-0.25, -0.2) is 0 Å². The van der Waals surface area contributed by atoms with E-state index in [4.69, 9.17) is 14.0 Å². The fourth-order valence-electron chi connectivity index (χ4n) is 2.89. The van der Waals surface area contributed by atoms with E-state index >= 15 is 0 Å². The van der Waals surface area contributed by atoms with Crippen molar-refractivity contribution < 1.29 is 18.8 Å². The standard InChI is InChI=1S/C23H27N3O4/c1-15(2)22-25-23(30-26-22)19-8-5-7-16(3)21(19)24-20(27)9-6-14-29-18-12-10-17(28-4)11-13-18/h5,7-8,10-13,15H,6,9,14H2,1-4H3,(H,24,27). The van der Waals surface area contributed by atoms with Gasteiger partial charge in [0, 0.05) is 12.3 Å². The molecular formula is C23H27N3O4. The van der Waals surface area contributed by atoms with Gasteiger partial charge in [-0.05, 0) is 49.2 Å². The summed E-state index contributed by atoms with van der Waals surface area (Å²) in [5, 5.41) is 7.01. The number of amides is 1. The number of nitrogens with one attached hydrogen (secondary N) is 1. The summed E-state index contributed by atoms with van der Waals surface area (Å²) in [5.74, 6) is 2.64. The average Bonchev–Trinajstić information content (AvgIpc) is 3.23. The first kappa shape index (κ1) is 21.4. The van der Waals surface area contributed by atoms with Gasteiger partial charge in [-0.2, -0.15) is 4.98 Å². The molecule has 0 atom stereocenters. The van der Waals surface area contributed by atoms with Crippen LogP contribution in [0.25, 0.3) is 11.5 Å². The molecule has 0 saturated carbocycles. The number of aryl methyl sites for hydroxylation is 1. The van der Waals surface area contributed by atoms with Crippen molar-refractivity contribution in [2.75, 3.05) is 19.0 Å². The zero-order chi connectivity index (χ0) is 21.5. The molecule has 3 rings (SSSR count). The number of para-hydroxylation sites is 1. The third kappa shape index (κ3) is 5.37. The number of anilines is 1. The van der Waals surface area contributed by atoms with E-state index in [0.717, 1.165) is 22.6 Å². The second kappa shape index (κ2) is 9.91. The van der Waals surface area contributed by atoms with Crippen LogP contribution in [-0.2, 0) is 4.79 Å². The van der Waals surface area contributed by atoms with Gasteiger partial charge in [-0.3, -0.25) is 4.79 Å². The number of hydrogen-bond donors (Lipinski definition) is 1. The Hall–Kier alpha value is -3.35. The van der Waals surface area contributed by atoms with Gasteiger partial charge in [0.15, 0.2) is 5.82 Å². The van der Waals surface area contributed by atoms with E-state index in [-0.39, 0.29) is 11.8 Å². The largest absolute Gasteiger partial charge is 0.497 e. The zero-order valence-corrected chi connectivity index (χ0v) is 17.8. The Labute approximate surface area is 176 Å². The number of carbonyl (C=O) groups is 1. The lowest BCUT2D eigenvalue weighted by molar-refractivity contribution is -0.116. The monoisotopic (exact) mass is 409 g/mol. The van der Waals surface area contributed by atoms with Crippen molar-refractivity contribution >= 4 is 11.6 Å². The van der Waals surface area contributed by atoms with Gasteiger partial charge in [0.1, 0.15) is 11.5 Å². The van der Waals surface area contributed by atoms with Crippen LogP contribution in [0.2, 0.25) is 0 Å². The highest BCUT2D eigenvalue weighted by atomic mass is 16.5. The maximum atomic E-state index is 12.5. The topological polar surface area (TPSA) is 86.5 Å². The van der Waals surface area contributed by atoms with Crippen LogP contribution in [-0.4, -0.2) is 29.8 Å². The minimum absolute atomic E-state index is 0.0903. The molecule has 1 amide bonds. The lowest BCUT2D eigenvalue weighted by Crippen LogP contribution is -2.14. The maximum Gasteiger partial charge on any atom is 0.260 e. The van der Waals surface area contributed by atoms with E-state index in [2.05, 4.69) is 15.5 Å². The van der Waals surface area contributed by atoms with Crippen molar-refractivity contribution in [3.8, 4) is 23.0 Å². The van der Waals surface area contributed by atoms with Crippen LogP contribution in [0.1, 0.15) is 44.0 Å². The Morgan fingerprint density at radius 2 is 1.87 bits per heavy atom. The normalized spacial score (nSPS) is 10.8. The molecule has 2 aromatic carbocycles. The molecule has 0 bridgehead atoms. The second-order valence-electron chi connectivity index (χ2n) is 7.29. The van der Waals surface area contributed by atoms with Gasteiger partial charge in [0.05, 0.1) is 25.0 Å². The van der Waals surface area contributed by atoms with Crippen LogP contribution in [0.15, 0.2) is 47.0 Å². The molecule has 0 spiro atoms. The molecule has 1 aromatic heterocycles. The number of rotatable bonds is 9. The average molecular weight is 409 g/mol. The Morgan fingerprint density at radius 1 is 1.13 bits per heavy atom. The predicted octanol–water partition coefficient (Wildman–Crippen LogP) is 4.97. The number of aromatic nitrogens is 2. The molecule has 0 aliphatic rings. The number of carbonyl (C=O) groups excluding carboxylic acids is 1. The van der Waals surface area contributed by atoms with Gasteiger partial charge >= 0.3 is 0 Å². The Morgan fingerprint density at radius 3 is 2.53 bits per heavy atom. The summed E-state index contributed by atoms with van der Waals surface area (Å²) in [7, 11) is 1.62. The third-order valence-electron chi connectivity index (χ3n) is 4.60. The molecule has 0 aliphatic heterocycles. The minimum Gasteiger partial charge on any atom is -0.497 e. The summed E-state index contributed by atoms with van der Waals surface area (Å²) in [4.78, 5) is 17.0. The highest BCUT2D eigenvalue weighted by Gasteiger charge is 2.17. The third-order valence-corrected chi connectivity index (χ3v) is 4.60. The van der Waals surface area contributed by atoms with Crippen molar-refractivity contribution in [1.82, 2.24) is 10.1 Å². The van der Waals surface area contributed by atoms with Crippen molar-refractivity contribution in [2.24, 2.45) is 0 Å². The van der Waals surface area contributed by atoms with E-state index < -0.39 is 0 Å². The fourth-order valence-corrected chi connectivity index (χ4v) is 2.89. The molecule has 0 fully saturated rings. The Balaban J connectivity index is 1.58. The van der Waals surface area contributed by atoms with Crippen molar-refractivity contribution in [1.29, 1.82) is 0 Å². The maximum absolute atomic E-state index is 12.5. The fraction of sp³-hybridized carbons (Fsp3) is 0.348. The highest BCUT2D eigenvalue weighted by molar-refractivity contribution is 5.95. The molecule has 158 valence electrons. The summed E-state index contributed by atoms with van der Waals surface area (Å²) in [6.45, 7) is 6.39. The zero-order valence-electron chi connectivity index (χ0n) is 17.8. The molecule has 0 unspecified atom stereocenters. The molecule has 3 aromatic rings. The first-order chi connectivity index (χ1) is 14.5. The number of nitrogens with zero attached hydrogens (tertiary/aromatic N) is 2. The van der Waals surface area contributed by atoms with Crippen LogP contribution >= 0.6 is 0 Å². The van der Waals surface area contributed by atoms with E-state index in [1.165, 1.54) is 0 Å². The summed E-state index contributed by atoms with van der Waals surface area (Å²) in [5.41, 5.74) is 2.34. The lowest BCUT2D eigenvalue weighted by atomic mass is 10.1. The van der Waals surface area contributed by atoms with Crippen LogP contribution < -0.4 is 14.8 Å². The molecule has 1 N–H and O–H groups in total. The predicted molar refractivity (Wildman–Crippen MR) is 115 cm³/mol. The van der Waals surface area contributed by atoms with Gasteiger partial charge in [0.25, 0.3) is 5.89 Å². The Bertz CT molecular complexity index is 980. The van der Waals surface area contributed by atoms with Crippen molar-refractivity contribution in [3.63, 3.8) is 0 Å². The summed E-state index contributed by atoms with van der Waals surface area (Å²) in [6.07, 6.45) is 0.933. The lowest BCUT2D eigenvalue weighted by Gasteiger charge is -2.12. The molecule has 30 heavy (non-hydrogen) atoms. The quantitative estimate of drug-likeness (QED) is 0.502. The van der Waals surface area contributed by atoms with E-state index in [1.54, 1.807) is 7.11 Å². The smallest absolute Gasteiger partial charge is 0.260 e. The number of methoxy groups -OCH3 is 1. The Kier molecular flexibility index (Phi) is 7.06. The van der Waals surface area contributed by atoms with Crippen molar-refractivity contribution in [3.05, 3.63) is 53.9 Å². The molecule has 1 heterocycles. The van der Waals surface area contributed by atoms with E-state index in [9.17, 15) is 4.79 Å². The number of ether oxygens (including phenoxy) is 2. The molecule has 0 aliphatic carbocycles.